The lowest BCUT2D eigenvalue weighted by molar-refractivity contribution is -0.124. The summed E-state index contributed by atoms with van der Waals surface area (Å²) in [5, 5.41) is 7.08. The molecule has 0 aliphatic rings. The minimum absolute atomic E-state index is 0.121. The fourth-order valence-electron chi connectivity index (χ4n) is 2.49. The Balaban J connectivity index is 1.72. The van der Waals surface area contributed by atoms with Crippen molar-refractivity contribution in [3.63, 3.8) is 0 Å². The van der Waals surface area contributed by atoms with E-state index in [0.29, 0.717) is 23.4 Å². The third kappa shape index (κ3) is 4.22. The molecule has 0 saturated heterocycles. The second-order valence-corrected chi connectivity index (χ2v) is 5.87. The van der Waals surface area contributed by atoms with E-state index in [1.807, 2.05) is 6.07 Å². The quantitative estimate of drug-likeness (QED) is 0.666. The molecule has 140 valence electrons. The maximum atomic E-state index is 12.4. The molecule has 3 aromatic rings. The molecule has 1 unspecified atom stereocenters. The van der Waals surface area contributed by atoms with Gasteiger partial charge >= 0.3 is 5.97 Å². The first-order valence-corrected chi connectivity index (χ1v) is 8.40. The number of benzene rings is 1. The highest BCUT2D eigenvalue weighted by molar-refractivity contribution is 5.97. The average Bonchev–Trinajstić information content (AvgIpc) is 3.09. The molecule has 1 atom stereocenters. The lowest BCUT2D eigenvalue weighted by Gasteiger charge is -2.15. The molecule has 1 N–H and O–H groups in total. The van der Waals surface area contributed by atoms with E-state index in [1.165, 1.54) is 0 Å². The molecule has 2 aromatic heterocycles. The molecule has 0 fully saturated rings. The van der Waals surface area contributed by atoms with E-state index in [0.717, 1.165) is 5.39 Å². The zero-order valence-corrected chi connectivity index (χ0v) is 15.2. The van der Waals surface area contributed by atoms with Crippen molar-refractivity contribution in [2.75, 3.05) is 12.4 Å². The van der Waals surface area contributed by atoms with Crippen LogP contribution in [0.15, 0.2) is 40.9 Å². The van der Waals surface area contributed by atoms with Crippen LogP contribution >= 0.6 is 0 Å². The molecular weight excluding hydrogens is 350 g/mol. The summed E-state index contributed by atoms with van der Waals surface area (Å²) in [6, 6.07) is 10.2. The number of aromatic nitrogens is 2. The second-order valence-electron chi connectivity index (χ2n) is 5.87. The van der Waals surface area contributed by atoms with Crippen LogP contribution < -0.4 is 10.1 Å². The van der Waals surface area contributed by atoms with Gasteiger partial charge in [0.15, 0.2) is 11.9 Å². The van der Waals surface area contributed by atoms with Crippen molar-refractivity contribution in [2.45, 2.75) is 26.4 Å². The van der Waals surface area contributed by atoms with Gasteiger partial charge in [-0.3, -0.25) is 4.79 Å². The third-order valence-electron chi connectivity index (χ3n) is 3.90. The number of rotatable bonds is 6. The molecule has 1 amide bonds. The molecule has 0 saturated carbocycles. The van der Waals surface area contributed by atoms with E-state index >= 15 is 0 Å². The normalized spacial score (nSPS) is 11.8. The SMILES string of the molecule is CCC(OC(=O)c1ccc2cc(OC)ccc2n1)C(=O)Nc1cc(C)on1. The van der Waals surface area contributed by atoms with Gasteiger partial charge in [-0.05, 0) is 37.6 Å². The summed E-state index contributed by atoms with van der Waals surface area (Å²) in [4.78, 5) is 29.0. The maximum absolute atomic E-state index is 12.4. The van der Waals surface area contributed by atoms with Crippen molar-refractivity contribution in [3.05, 3.63) is 47.9 Å². The number of anilines is 1. The Labute approximate surface area is 155 Å². The van der Waals surface area contributed by atoms with Crippen molar-refractivity contribution in [1.29, 1.82) is 0 Å². The minimum Gasteiger partial charge on any atom is -0.497 e. The van der Waals surface area contributed by atoms with Crippen LogP contribution in [0.1, 0.15) is 29.6 Å². The molecule has 0 radical (unpaired) electrons. The number of pyridine rings is 1. The molecule has 0 bridgehead atoms. The van der Waals surface area contributed by atoms with Crippen molar-refractivity contribution in [3.8, 4) is 5.75 Å². The number of esters is 1. The van der Waals surface area contributed by atoms with Gasteiger partial charge in [0, 0.05) is 11.5 Å². The maximum Gasteiger partial charge on any atom is 0.357 e. The number of carbonyl (C=O) groups excluding carboxylic acids is 2. The number of hydrogen-bond donors (Lipinski definition) is 1. The molecule has 0 aliphatic carbocycles. The highest BCUT2D eigenvalue weighted by Gasteiger charge is 2.23. The van der Waals surface area contributed by atoms with Gasteiger partial charge < -0.3 is 19.3 Å². The molecule has 0 spiro atoms. The predicted octanol–water partition coefficient (Wildman–Crippen LogP) is 3.11. The summed E-state index contributed by atoms with van der Waals surface area (Å²) in [7, 11) is 1.58. The Morgan fingerprint density at radius 3 is 2.70 bits per heavy atom. The first kappa shape index (κ1) is 18.4. The van der Waals surface area contributed by atoms with Crippen LogP contribution in [-0.4, -0.2) is 35.2 Å². The van der Waals surface area contributed by atoms with Gasteiger partial charge in [0.1, 0.15) is 17.2 Å². The minimum atomic E-state index is -0.970. The molecular formula is C19H19N3O5. The third-order valence-corrected chi connectivity index (χ3v) is 3.90. The summed E-state index contributed by atoms with van der Waals surface area (Å²) < 4.78 is 15.4. The monoisotopic (exact) mass is 369 g/mol. The van der Waals surface area contributed by atoms with Crippen LogP contribution in [0, 0.1) is 6.92 Å². The van der Waals surface area contributed by atoms with E-state index in [-0.39, 0.29) is 11.5 Å². The van der Waals surface area contributed by atoms with E-state index in [1.54, 1.807) is 51.3 Å². The number of aryl methyl sites for hydroxylation is 1. The van der Waals surface area contributed by atoms with Gasteiger partial charge in [0.25, 0.3) is 5.91 Å². The number of hydrogen-bond acceptors (Lipinski definition) is 7. The van der Waals surface area contributed by atoms with Gasteiger partial charge in [-0.2, -0.15) is 0 Å². The van der Waals surface area contributed by atoms with Crippen LogP contribution in [0.5, 0.6) is 5.75 Å². The van der Waals surface area contributed by atoms with Crippen molar-refractivity contribution >= 4 is 28.6 Å². The van der Waals surface area contributed by atoms with Crippen LogP contribution in [0.25, 0.3) is 10.9 Å². The molecule has 27 heavy (non-hydrogen) atoms. The standard InChI is InChI=1S/C19H19N3O5/c1-4-16(18(23)21-17-9-11(2)27-22-17)26-19(24)15-7-5-12-10-13(25-3)6-8-14(12)20-15/h5-10,16H,4H2,1-3H3,(H,21,22,23). The number of methoxy groups -OCH3 is 1. The van der Waals surface area contributed by atoms with Gasteiger partial charge in [0.05, 0.1) is 12.6 Å². The Morgan fingerprint density at radius 2 is 2.04 bits per heavy atom. The Kier molecular flexibility index (Phi) is 5.35. The number of carbonyl (C=O) groups is 2. The first-order valence-electron chi connectivity index (χ1n) is 8.40. The highest BCUT2D eigenvalue weighted by atomic mass is 16.5. The van der Waals surface area contributed by atoms with Crippen LogP contribution in [0.3, 0.4) is 0 Å². The van der Waals surface area contributed by atoms with Gasteiger partial charge in [0.2, 0.25) is 0 Å². The predicted molar refractivity (Wildman–Crippen MR) is 97.7 cm³/mol. The highest BCUT2D eigenvalue weighted by Crippen LogP contribution is 2.20. The molecule has 0 aliphatic heterocycles. The van der Waals surface area contributed by atoms with E-state index in [4.69, 9.17) is 14.0 Å². The van der Waals surface area contributed by atoms with Gasteiger partial charge in [-0.25, -0.2) is 9.78 Å². The van der Waals surface area contributed by atoms with Crippen molar-refractivity contribution < 1.29 is 23.6 Å². The zero-order chi connectivity index (χ0) is 19.4. The lowest BCUT2D eigenvalue weighted by atomic mass is 10.2. The van der Waals surface area contributed by atoms with E-state index < -0.39 is 18.0 Å². The fraction of sp³-hybridized carbons (Fsp3) is 0.263. The summed E-state index contributed by atoms with van der Waals surface area (Å²) in [6.07, 6.45) is -0.665. The Bertz CT molecular complexity index is 982. The van der Waals surface area contributed by atoms with Crippen LogP contribution in [0.4, 0.5) is 5.82 Å². The van der Waals surface area contributed by atoms with Gasteiger partial charge in [-0.1, -0.05) is 18.1 Å². The Morgan fingerprint density at radius 1 is 1.22 bits per heavy atom. The first-order chi connectivity index (χ1) is 13.0. The van der Waals surface area contributed by atoms with E-state index in [2.05, 4.69) is 15.5 Å². The molecule has 3 rings (SSSR count). The molecule has 1 aromatic carbocycles. The summed E-state index contributed by atoms with van der Waals surface area (Å²) in [5.74, 6) is 0.373. The number of ether oxygens (including phenoxy) is 2. The van der Waals surface area contributed by atoms with Crippen molar-refractivity contribution in [2.24, 2.45) is 0 Å². The number of nitrogens with zero attached hydrogens (tertiary/aromatic N) is 2. The Hall–Kier alpha value is -3.42. The number of amides is 1. The molecule has 8 nitrogen and oxygen atoms in total. The summed E-state index contributed by atoms with van der Waals surface area (Å²) in [5.41, 5.74) is 0.747. The van der Waals surface area contributed by atoms with Crippen LogP contribution in [0.2, 0.25) is 0 Å². The van der Waals surface area contributed by atoms with Gasteiger partial charge in [-0.15, -0.1) is 0 Å². The summed E-state index contributed by atoms with van der Waals surface area (Å²) >= 11 is 0. The molecule has 8 heteroatoms. The van der Waals surface area contributed by atoms with Crippen molar-refractivity contribution in [1.82, 2.24) is 10.1 Å². The fourth-order valence-corrected chi connectivity index (χ4v) is 2.49. The van der Waals surface area contributed by atoms with Crippen LogP contribution in [-0.2, 0) is 9.53 Å². The zero-order valence-electron chi connectivity index (χ0n) is 15.2. The average molecular weight is 369 g/mol. The lowest BCUT2D eigenvalue weighted by Crippen LogP contribution is -2.32. The topological polar surface area (TPSA) is 104 Å². The van der Waals surface area contributed by atoms with E-state index in [9.17, 15) is 9.59 Å². The second kappa shape index (κ2) is 7.86. The smallest absolute Gasteiger partial charge is 0.357 e. The number of nitrogens with one attached hydrogen (secondary N) is 1. The summed E-state index contributed by atoms with van der Waals surface area (Å²) in [6.45, 7) is 3.45. The largest absolute Gasteiger partial charge is 0.497 e. The number of fused-ring (bicyclic) bond motifs is 1. The molecule has 2 heterocycles.